The Bertz CT molecular complexity index is 154. The molecule has 0 unspecified atom stereocenters. The molecule has 0 bridgehead atoms. The minimum atomic E-state index is -0.638. The fraction of sp³-hybridized carbons (Fsp3) is 0.857. The quantitative estimate of drug-likeness (QED) is 0.574. The van der Waals surface area contributed by atoms with E-state index in [1.165, 1.54) is 0 Å². The summed E-state index contributed by atoms with van der Waals surface area (Å²) in [4.78, 5) is 10.5. The van der Waals surface area contributed by atoms with Gasteiger partial charge in [0.1, 0.15) is 0 Å². The predicted molar refractivity (Wildman–Crippen MR) is 33.5 cm³/mol. The van der Waals surface area contributed by atoms with Crippen molar-refractivity contribution in [3.63, 3.8) is 0 Å². The molecule has 2 fully saturated rings. The summed E-state index contributed by atoms with van der Waals surface area (Å²) in [6, 6.07) is 0. The van der Waals surface area contributed by atoms with E-state index in [9.17, 15) is 4.79 Å². The Morgan fingerprint density at radius 1 is 1.50 bits per heavy atom. The highest BCUT2D eigenvalue weighted by Crippen LogP contribution is 2.50. The first-order chi connectivity index (χ1) is 4.80. The maximum absolute atomic E-state index is 10.5. The van der Waals surface area contributed by atoms with Crippen LogP contribution in [0.2, 0.25) is 0 Å². The largest absolute Gasteiger partial charge is 0.481 e. The number of aliphatic carboxylic acids is 1. The molecule has 3 atom stereocenters. The van der Waals surface area contributed by atoms with Crippen LogP contribution in [0.25, 0.3) is 0 Å². The summed E-state index contributed by atoms with van der Waals surface area (Å²) in [6.45, 7) is 1.42. The Labute approximate surface area is 59.0 Å². The topological polar surface area (TPSA) is 46.5 Å². The van der Waals surface area contributed by atoms with Gasteiger partial charge in [-0.15, -0.1) is 0 Å². The van der Waals surface area contributed by atoms with Gasteiger partial charge in [-0.1, -0.05) is 0 Å². The monoisotopic (exact) mass is 142 g/mol. The van der Waals surface area contributed by atoms with Crippen molar-refractivity contribution in [1.82, 2.24) is 0 Å². The molecule has 0 radical (unpaired) electrons. The van der Waals surface area contributed by atoms with Gasteiger partial charge in [-0.3, -0.25) is 4.79 Å². The fourth-order valence-electron chi connectivity index (χ4n) is 1.87. The summed E-state index contributed by atoms with van der Waals surface area (Å²) < 4.78 is 5.14. The van der Waals surface area contributed by atoms with Gasteiger partial charge in [0.15, 0.2) is 0 Å². The zero-order chi connectivity index (χ0) is 7.14. The average molecular weight is 142 g/mol. The molecule has 56 valence electrons. The van der Waals surface area contributed by atoms with Gasteiger partial charge >= 0.3 is 5.97 Å². The third kappa shape index (κ3) is 0.736. The van der Waals surface area contributed by atoms with Crippen LogP contribution in [0.4, 0.5) is 0 Å². The lowest BCUT2D eigenvalue weighted by atomic mass is 10.2. The van der Waals surface area contributed by atoms with Gasteiger partial charge in [-0.2, -0.15) is 0 Å². The smallest absolute Gasteiger partial charge is 0.307 e. The van der Waals surface area contributed by atoms with Crippen LogP contribution in [-0.2, 0) is 9.53 Å². The van der Waals surface area contributed by atoms with Crippen molar-refractivity contribution in [2.45, 2.75) is 6.42 Å². The molecule has 0 aromatic carbocycles. The van der Waals surface area contributed by atoms with Gasteiger partial charge in [-0.05, 0) is 18.3 Å². The van der Waals surface area contributed by atoms with E-state index in [1.807, 2.05) is 0 Å². The molecule has 0 amide bonds. The molecule has 0 spiro atoms. The first kappa shape index (κ1) is 6.16. The average Bonchev–Trinajstić information content (AvgIpc) is 2.60. The van der Waals surface area contributed by atoms with Crippen molar-refractivity contribution in [2.75, 3.05) is 13.2 Å². The summed E-state index contributed by atoms with van der Waals surface area (Å²) in [5, 5.41) is 8.63. The van der Waals surface area contributed by atoms with E-state index in [2.05, 4.69) is 0 Å². The van der Waals surface area contributed by atoms with Gasteiger partial charge < -0.3 is 9.84 Å². The molecule has 2 rings (SSSR count). The first-order valence-corrected chi connectivity index (χ1v) is 3.61. The van der Waals surface area contributed by atoms with Gasteiger partial charge in [0, 0.05) is 6.61 Å². The third-order valence-corrected chi connectivity index (χ3v) is 2.52. The number of hydrogen-bond donors (Lipinski definition) is 1. The van der Waals surface area contributed by atoms with Gasteiger partial charge in [0.2, 0.25) is 0 Å². The Morgan fingerprint density at radius 3 is 2.80 bits per heavy atom. The molecule has 10 heavy (non-hydrogen) atoms. The van der Waals surface area contributed by atoms with Crippen LogP contribution in [-0.4, -0.2) is 24.3 Å². The molecule has 3 nitrogen and oxygen atoms in total. The first-order valence-electron chi connectivity index (χ1n) is 3.61. The molecule has 3 heteroatoms. The number of ether oxygens (including phenoxy) is 1. The second-order valence-electron chi connectivity index (χ2n) is 3.06. The van der Waals surface area contributed by atoms with Crippen LogP contribution in [0.5, 0.6) is 0 Å². The second kappa shape index (κ2) is 1.95. The van der Waals surface area contributed by atoms with E-state index in [4.69, 9.17) is 9.84 Å². The highest BCUT2D eigenvalue weighted by Gasteiger charge is 2.55. The zero-order valence-electron chi connectivity index (χ0n) is 5.62. The van der Waals surface area contributed by atoms with Crippen LogP contribution in [0.3, 0.4) is 0 Å². The molecular weight excluding hydrogens is 132 g/mol. The maximum Gasteiger partial charge on any atom is 0.307 e. The Hall–Kier alpha value is -0.570. The molecule has 1 saturated carbocycles. The minimum Gasteiger partial charge on any atom is -0.481 e. The van der Waals surface area contributed by atoms with Crippen LogP contribution in [0, 0.1) is 17.8 Å². The summed E-state index contributed by atoms with van der Waals surface area (Å²) in [6.07, 6.45) is 0.946. The summed E-state index contributed by atoms with van der Waals surface area (Å²) >= 11 is 0. The standard InChI is InChI=1S/C7H10O3/c8-7(9)6-4-1-2-10-3-5(4)6/h4-6H,1-3H2,(H,8,9)/t4-,5-,6-/m0/s1. The van der Waals surface area contributed by atoms with Crippen molar-refractivity contribution in [1.29, 1.82) is 0 Å². The molecular formula is C7H10O3. The molecule has 0 aromatic heterocycles. The highest BCUT2D eigenvalue weighted by atomic mass is 16.5. The van der Waals surface area contributed by atoms with Crippen molar-refractivity contribution in [3.05, 3.63) is 0 Å². The molecule has 1 heterocycles. The molecule has 2 aliphatic rings. The Morgan fingerprint density at radius 2 is 2.30 bits per heavy atom. The molecule has 1 aliphatic carbocycles. The van der Waals surface area contributed by atoms with Crippen LogP contribution < -0.4 is 0 Å². The van der Waals surface area contributed by atoms with E-state index in [0.717, 1.165) is 13.0 Å². The molecule has 1 saturated heterocycles. The number of fused-ring (bicyclic) bond motifs is 1. The summed E-state index contributed by atoms with van der Waals surface area (Å²) in [5.74, 6) is 0.0560. The molecule has 1 aliphatic heterocycles. The Kier molecular flexibility index (Phi) is 1.20. The predicted octanol–water partition coefficient (Wildman–Crippen LogP) is 0.354. The van der Waals surface area contributed by atoms with Crippen molar-refractivity contribution in [2.24, 2.45) is 17.8 Å². The fourth-order valence-corrected chi connectivity index (χ4v) is 1.87. The van der Waals surface area contributed by atoms with Crippen LogP contribution in [0.1, 0.15) is 6.42 Å². The number of rotatable bonds is 1. The number of hydrogen-bond acceptors (Lipinski definition) is 2. The SMILES string of the molecule is O=C(O)[C@H]1[C@H]2CCOC[C@@H]21. The van der Waals surface area contributed by atoms with Gasteiger partial charge in [0.25, 0.3) is 0 Å². The van der Waals surface area contributed by atoms with E-state index in [-0.39, 0.29) is 5.92 Å². The van der Waals surface area contributed by atoms with Crippen LogP contribution >= 0.6 is 0 Å². The van der Waals surface area contributed by atoms with Gasteiger partial charge in [-0.25, -0.2) is 0 Å². The van der Waals surface area contributed by atoms with E-state index < -0.39 is 5.97 Å². The van der Waals surface area contributed by atoms with Crippen molar-refractivity contribution >= 4 is 5.97 Å². The van der Waals surface area contributed by atoms with Crippen molar-refractivity contribution in [3.8, 4) is 0 Å². The molecule has 0 aromatic rings. The van der Waals surface area contributed by atoms with E-state index in [1.54, 1.807) is 0 Å². The normalized spacial score (nSPS) is 44.2. The lowest BCUT2D eigenvalue weighted by Crippen LogP contribution is -2.07. The highest BCUT2D eigenvalue weighted by molar-refractivity contribution is 5.74. The number of carboxylic acids is 1. The van der Waals surface area contributed by atoms with E-state index >= 15 is 0 Å². The lowest BCUT2D eigenvalue weighted by molar-refractivity contribution is -0.139. The third-order valence-electron chi connectivity index (χ3n) is 2.52. The lowest BCUT2D eigenvalue weighted by Gasteiger charge is -2.07. The van der Waals surface area contributed by atoms with Gasteiger partial charge in [0.05, 0.1) is 12.5 Å². The van der Waals surface area contributed by atoms with E-state index in [0.29, 0.717) is 18.4 Å². The number of carbonyl (C=O) groups is 1. The summed E-state index contributed by atoms with van der Waals surface area (Å²) in [5.41, 5.74) is 0. The van der Waals surface area contributed by atoms with Crippen molar-refractivity contribution < 1.29 is 14.6 Å². The minimum absolute atomic E-state index is 0.0810. The maximum atomic E-state index is 10.5. The zero-order valence-corrected chi connectivity index (χ0v) is 5.62. The van der Waals surface area contributed by atoms with Crippen LogP contribution in [0.15, 0.2) is 0 Å². The molecule has 1 N–H and O–H groups in total. The Balaban J connectivity index is 1.99. The number of carboxylic acid groups (broad SMARTS) is 1. The summed E-state index contributed by atoms with van der Waals surface area (Å²) in [7, 11) is 0. The second-order valence-corrected chi connectivity index (χ2v) is 3.06.